The number of nitrogens with one attached hydrogen (secondary N) is 1. The molecule has 1 aromatic rings. The van der Waals surface area contributed by atoms with Gasteiger partial charge >= 0.3 is 7.12 Å². The van der Waals surface area contributed by atoms with Crippen LogP contribution in [0.2, 0.25) is 0 Å². The van der Waals surface area contributed by atoms with Crippen LogP contribution < -0.4 is 15.5 Å². The van der Waals surface area contributed by atoms with Crippen LogP contribution in [0.15, 0.2) is 18.2 Å². The van der Waals surface area contributed by atoms with Crippen molar-refractivity contribution in [1.29, 1.82) is 0 Å². The lowest BCUT2D eigenvalue weighted by molar-refractivity contribution is 0.00578. The van der Waals surface area contributed by atoms with Crippen LogP contribution in [0.5, 0.6) is 5.75 Å². The number of ether oxygens (including phenoxy) is 1. The minimum absolute atomic E-state index is 0.0670. The SMILES string of the molecule is CC(C)NC(=O)c1cc(OCC2CCC2)cc(B2OC(C)(C)C(C)(C)O2)c1. The minimum Gasteiger partial charge on any atom is -0.493 e. The summed E-state index contributed by atoms with van der Waals surface area (Å²) in [4.78, 5) is 12.6. The van der Waals surface area contributed by atoms with Gasteiger partial charge in [0.25, 0.3) is 5.91 Å². The second kappa shape index (κ2) is 7.48. The van der Waals surface area contributed by atoms with Crippen molar-refractivity contribution >= 4 is 18.5 Å². The molecule has 1 N–H and O–H groups in total. The molecule has 0 unspecified atom stereocenters. The zero-order valence-electron chi connectivity index (χ0n) is 17.4. The molecule has 1 amide bonds. The second-order valence-electron chi connectivity index (χ2n) is 9.12. The Morgan fingerprint density at radius 3 is 2.33 bits per heavy atom. The van der Waals surface area contributed by atoms with Crippen LogP contribution in [0.3, 0.4) is 0 Å². The number of benzene rings is 1. The van der Waals surface area contributed by atoms with Gasteiger partial charge in [-0.2, -0.15) is 0 Å². The maximum Gasteiger partial charge on any atom is 0.494 e. The Morgan fingerprint density at radius 2 is 1.81 bits per heavy atom. The quantitative estimate of drug-likeness (QED) is 0.778. The number of carbonyl (C=O) groups is 1. The summed E-state index contributed by atoms with van der Waals surface area (Å²) in [6.45, 7) is 12.7. The summed E-state index contributed by atoms with van der Waals surface area (Å²) in [7, 11) is -0.521. The predicted molar refractivity (Wildman–Crippen MR) is 108 cm³/mol. The van der Waals surface area contributed by atoms with Gasteiger partial charge in [-0.3, -0.25) is 4.79 Å². The lowest BCUT2D eigenvalue weighted by Crippen LogP contribution is -2.41. The summed E-state index contributed by atoms with van der Waals surface area (Å²) in [5, 5.41) is 2.95. The van der Waals surface area contributed by atoms with Crippen molar-refractivity contribution in [3.63, 3.8) is 0 Å². The van der Waals surface area contributed by atoms with Gasteiger partial charge in [0.2, 0.25) is 0 Å². The highest BCUT2D eigenvalue weighted by Crippen LogP contribution is 2.37. The van der Waals surface area contributed by atoms with Crippen molar-refractivity contribution in [2.75, 3.05) is 6.61 Å². The minimum atomic E-state index is -0.521. The van der Waals surface area contributed by atoms with Crippen molar-refractivity contribution in [3.05, 3.63) is 23.8 Å². The standard InChI is InChI=1S/C21H32BNO4/c1-14(2)23-19(24)16-10-17(22-26-20(3,4)21(5,6)27-22)12-18(11-16)25-13-15-8-7-9-15/h10-12,14-15H,7-9,13H2,1-6H3,(H,23,24). The molecule has 1 aliphatic carbocycles. The maximum absolute atomic E-state index is 12.6. The van der Waals surface area contributed by atoms with Gasteiger partial charge in [-0.15, -0.1) is 0 Å². The van der Waals surface area contributed by atoms with Gasteiger partial charge in [0, 0.05) is 11.6 Å². The van der Waals surface area contributed by atoms with E-state index in [2.05, 4.69) is 5.32 Å². The highest BCUT2D eigenvalue weighted by molar-refractivity contribution is 6.62. The van der Waals surface area contributed by atoms with Crippen molar-refractivity contribution in [2.24, 2.45) is 5.92 Å². The predicted octanol–water partition coefficient (Wildman–Crippen LogP) is 3.30. The Balaban J connectivity index is 1.86. The molecule has 1 heterocycles. The number of rotatable bonds is 6. The summed E-state index contributed by atoms with van der Waals surface area (Å²) < 4.78 is 18.4. The molecule has 2 fully saturated rings. The molecule has 6 heteroatoms. The second-order valence-corrected chi connectivity index (χ2v) is 9.12. The third kappa shape index (κ3) is 4.49. The summed E-state index contributed by atoms with van der Waals surface area (Å²) in [5.74, 6) is 1.21. The molecule has 2 aliphatic rings. The monoisotopic (exact) mass is 373 g/mol. The van der Waals surface area contributed by atoms with E-state index >= 15 is 0 Å². The fraction of sp³-hybridized carbons (Fsp3) is 0.667. The first-order chi connectivity index (χ1) is 12.6. The average molecular weight is 373 g/mol. The third-order valence-electron chi connectivity index (χ3n) is 5.85. The largest absolute Gasteiger partial charge is 0.494 e. The number of carbonyl (C=O) groups excluding carboxylic acids is 1. The molecule has 5 nitrogen and oxygen atoms in total. The Labute approximate surface area is 163 Å². The molecular formula is C21H32BNO4. The highest BCUT2D eigenvalue weighted by atomic mass is 16.7. The summed E-state index contributed by atoms with van der Waals surface area (Å²) in [5.41, 5.74) is 0.523. The molecular weight excluding hydrogens is 341 g/mol. The van der Waals surface area contributed by atoms with Crippen molar-refractivity contribution < 1.29 is 18.8 Å². The first-order valence-corrected chi connectivity index (χ1v) is 10.0. The normalized spacial score (nSPS) is 21.2. The van der Waals surface area contributed by atoms with Crippen molar-refractivity contribution in [1.82, 2.24) is 5.32 Å². The number of hydrogen-bond acceptors (Lipinski definition) is 4. The molecule has 3 rings (SSSR count). The molecule has 1 aliphatic heterocycles. The first-order valence-electron chi connectivity index (χ1n) is 10.0. The van der Waals surface area contributed by atoms with Gasteiger partial charge in [-0.1, -0.05) is 6.42 Å². The average Bonchev–Trinajstić information content (AvgIpc) is 2.73. The molecule has 0 aromatic heterocycles. The number of amides is 1. The molecule has 27 heavy (non-hydrogen) atoms. The highest BCUT2D eigenvalue weighted by Gasteiger charge is 2.51. The summed E-state index contributed by atoms with van der Waals surface area (Å²) in [6.07, 6.45) is 3.72. The fourth-order valence-corrected chi connectivity index (χ4v) is 3.17. The Bertz CT molecular complexity index is 681. The van der Waals surface area contributed by atoms with E-state index in [9.17, 15) is 4.79 Å². The van der Waals surface area contributed by atoms with E-state index in [4.69, 9.17) is 14.0 Å². The molecule has 0 atom stereocenters. The maximum atomic E-state index is 12.6. The molecule has 1 saturated heterocycles. The van der Waals surface area contributed by atoms with Crippen LogP contribution in [-0.2, 0) is 9.31 Å². The van der Waals surface area contributed by atoms with Crippen LogP contribution in [0.1, 0.15) is 71.2 Å². The van der Waals surface area contributed by atoms with Gasteiger partial charge in [0.1, 0.15) is 5.75 Å². The zero-order valence-corrected chi connectivity index (χ0v) is 17.4. The van der Waals surface area contributed by atoms with Crippen LogP contribution in [0.25, 0.3) is 0 Å². The van der Waals surface area contributed by atoms with E-state index in [0.717, 1.165) is 5.46 Å². The Hall–Kier alpha value is -1.53. The van der Waals surface area contributed by atoms with E-state index in [1.165, 1.54) is 19.3 Å². The van der Waals surface area contributed by atoms with Crippen LogP contribution in [-0.4, -0.2) is 36.9 Å². The lowest BCUT2D eigenvalue weighted by atomic mass is 9.78. The van der Waals surface area contributed by atoms with E-state index in [-0.39, 0.29) is 11.9 Å². The molecule has 0 radical (unpaired) electrons. The molecule has 1 aromatic carbocycles. The topological polar surface area (TPSA) is 56.8 Å². The summed E-state index contributed by atoms with van der Waals surface area (Å²) >= 11 is 0. The van der Waals surface area contributed by atoms with Crippen LogP contribution in [0, 0.1) is 5.92 Å². The van der Waals surface area contributed by atoms with Gasteiger partial charge < -0.3 is 19.4 Å². The first kappa shape index (κ1) is 20.2. The lowest BCUT2D eigenvalue weighted by Gasteiger charge is -2.32. The van der Waals surface area contributed by atoms with Gasteiger partial charge in [-0.05, 0) is 84.0 Å². The number of hydrogen-bond donors (Lipinski definition) is 1. The molecule has 1 saturated carbocycles. The Kier molecular flexibility index (Phi) is 5.60. The summed E-state index contributed by atoms with van der Waals surface area (Å²) in [6, 6.07) is 5.66. The van der Waals surface area contributed by atoms with E-state index in [0.29, 0.717) is 23.8 Å². The van der Waals surface area contributed by atoms with Crippen molar-refractivity contribution in [3.8, 4) is 5.75 Å². The van der Waals surface area contributed by atoms with Crippen molar-refractivity contribution in [2.45, 2.75) is 78.0 Å². The van der Waals surface area contributed by atoms with E-state index in [1.54, 1.807) is 0 Å². The smallest absolute Gasteiger partial charge is 0.493 e. The van der Waals surface area contributed by atoms with Gasteiger partial charge in [-0.25, -0.2) is 0 Å². The van der Waals surface area contributed by atoms with Crippen LogP contribution >= 0.6 is 0 Å². The molecule has 148 valence electrons. The zero-order chi connectivity index (χ0) is 19.8. The fourth-order valence-electron chi connectivity index (χ4n) is 3.17. The van der Waals surface area contributed by atoms with Gasteiger partial charge in [0.15, 0.2) is 0 Å². The Morgan fingerprint density at radius 1 is 1.19 bits per heavy atom. The van der Waals surface area contributed by atoms with Crippen LogP contribution in [0.4, 0.5) is 0 Å². The van der Waals surface area contributed by atoms with Gasteiger partial charge in [0.05, 0.1) is 17.8 Å². The molecule has 0 spiro atoms. The van der Waals surface area contributed by atoms with E-state index in [1.807, 2.05) is 59.7 Å². The van der Waals surface area contributed by atoms with E-state index < -0.39 is 18.3 Å². The molecule has 0 bridgehead atoms. The third-order valence-corrected chi connectivity index (χ3v) is 5.85.